The van der Waals surface area contributed by atoms with Crippen molar-refractivity contribution >= 4 is 55.8 Å². The molecule has 0 bridgehead atoms. The van der Waals surface area contributed by atoms with E-state index in [1.807, 2.05) is 12.1 Å². The number of benzene rings is 2. The van der Waals surface area contributed by atoms with Crippen molar-refractivity contribution in [2.24, 2.45) is 0 Å². The average molecular weight is 435 g/mol. The third-order valence-corrected chi connectivity index (χ3v) is 3.87. The summed E-state index contributed by atoms with van der Waals surface area (Å²) < 4.78 is 14.7. The molecular formula is C13H9BrFIN2O. The number of nitrogen functional groups attached to an aromatic ring is 1. The van der Waals surface area contributed by atoms with Crippen molar-refractivity contribution < 1.29 is 9.18 Å². The van der Waals surface area contributed by atoms with Gasteiger partial charge in [-0.1, -0.05) is 15.9 Å². The van der Waals surface area contributed by atoms with Gasteiger partial charge in [0.2, 0.25) is 0 Å². The molecule has 0 unspecified atom stereocenters. The average Bonchev–Trinajstić information content (AvgIpc) is 2.36. The van der Waals surface area contributed by atoms with Crippen molar-refractivity contribution in [2.45, 2.75) is 0 Å². The second-order valence-electron chi connectivity index (χ2n) is 3.81. The Morgan fingerprint density at radius 1 is 1.26 bits per heavy atom. The van der Waals surface area contributed by atoms with Crippen LogP contribution in [0.4, 0.5) is 15.8 Å². The Morgan fingerprint density at radius 3 is 2.74 bits per heavy atom. The highest BCUT2D eigenvalue weighted by atomic mass is 127. The fourth-order valence-electron chi connectivity index (χ4n) is 1.50. The molecule has 19 heavy (non-hydrogen) atoms. The summed E-state index contributed by atoms with van der Waals surface area (Å²) in [6.45, 7) is 0. The molecule has 0 aliphatic rings. The fourth-order valence-corrected chi connectivity index (χ4v) is 2.44. The summed E-state index contributed by atoms with van der Waals surface area (Å²) in [6, 6.07) is 9.21. The van der Waals surface area contributed by atoms with Crippen molar-refractivity contribution in [3.05, 3.63) is 55.8 Å². The van der Waals surface area contributed by atoms with Gasteiger partial charge in [-0.2, -0.15) is 0 Å². The van der Waals surface area contributed by atoms with E-state index in [0.29, 0.717) is 11.3 Å². The molecule has 0 aromatic heterocycles. The van der Waals surface area contributed by atoms with Crippen LogP contribution in [0.1, 0.15) is 10.4 Å². The number of hydrogen-bond acceptors (Lipinski definition) is 2. The number of anilines is 2. The highest BCUT2D eigenvalue weighted by Gasteiger charge is 2.12. The molecular weight excluding hydrogens is 426 g/mol. The first-order chi connectivity index (χ1) is 8.97. The summed E-state index contributed by atoms with van der Waals surface area (Å²) in [5.41, 5.74) is 6.77. The molecule has 3 N–H and O–H groups in total. The lowest BCUT2D eigenvalue weighted by Gasteiger charge is -2.09. The topological polar surface area (TPSA) is 55.1 Å². The number of hydrogen-bond donors (Lipinski definition) is 2. The molecule has 6 heteroatoms. The molecule has 1 amide bonds. The van der Waals surface area contributed by atoms with Gasteiger partial charge >= 0.3 is 0 Å². The lowest BCUT2D eigenvalue weighted by molar-refractivity contribution is 0.102. The quantitative estimate of drug-likeness (QED) is 0.553. The van der Waals surface area contributed by atoms with Gasteiger partial charge in [0.1, 0.15) is 5.82 Å². The van der Waals surface area contributed by atoms with Gasteiger partial charge in [0.25, 0.3) is 5.91 Å². The maximum atomic E-state index is 13.1. The lowest BCUT2D eigenvalue weighted by atomic mass is 10.2. The molecule has 0 atom stereocenters. The number of halogens is 3. The van der Waals surface area contributed by atoms with Gasteiger partial charge in [0.15, 0.2) is 0 Å². The van der Waals surface area contributed by atoms with Gasteiger partial charge < -0.3 is 11.1 Å². The number of nitrogens with one attached hydrogen (secondary N) is 1. The third kappa shape index (κ3) is 3.44. The van der Waals surface area contributed by atoms with Crippen molar-refractivity contribution in [2.75, 3.05) is 11.1 Å². The number of carbonyl (C=O) groups excluding carboxylic acids is 1. The first kappa shape index (κ1) is 14.3. The molecule has 0 radical (unpaired) electrons. The summed E-state index contributed by atoms with van der Waals surface area (Å²) in [5, 5.41) is 2.61. The summed E-state index contributed by atoms with van der Waals surface area (Å²) in [7, 11) is 0. The molecule has 2 rings (SSSR count). The molecule has 3 nitrogen and oxygen atoms in total. The Bertz CT molecular complexity index is 649. The molecule has 0 saturated heterocycles. The highest BCUT2D eigenvalue weighted by molar-refractivity contribution is 14.1. The predicted molar refractivity (Wildman–Crippen MR) is 85.6 cm³/mol. The van der Waals surface area contributed by atoms with Crippen molar-refractivity contribution in [3.63, 3.8) is 0 Å². The summed E-state index contributed by atoms with van der Waals surface area (Å²) in [6.07, 6.45) is 0. The first-order valence-electron chi connectivity index (χ1n) is 5.29. The number of amides is 1. The van der Waals surface area contributed by atoms with E-state index in [1.165, 1.54) is 18.2 Å². The van der Waals surface area contributed by atoms with Crippen LogP contribution >= 0.6 is 38.5 Å². The maximum absolute atomic E-state index is 13.1. The van der Waals surface area contributed by atoms with Crippen LogP contribution in [0.25, 0.3) is 0 Å². The molecule has 0 fully saturated rings. The fraction of sp³-hybridized carbons (Fsp3) is 0. The molecule has 2 aromatic carbocycles. The molecule has 98 valence electrons. The normalized spacial score (nSPS) is 10.3. The van der Waals surface area contributed by atoms with Crippen molar-refractivity contribution in [3.8, 4) is 0 Å². The van der Waals surface area contributed by atoms with Crippen LogP contribution in [0.2, 0.25) is 0 Å². The lowest BCUT2D eigenvalue weighted by Crippen LogP contribution is -2.14. The van der Waals surface area contributed by atoms with Crippen LogP contribution in [0.3, 0.4) is 0 Å². The molecule has 0 aliphatic carbocycles. The van der Waals surface area contributed by atoms with Crippen LogP contribution in [-0.4, -0.2) is 5.91 Å². The van der Waals surface area contributed by atoms with Gasteiger partial charge in [0.05, 0.1) is 16.9 Å². The van der Waals surface area contributed by atoms with Gasteiger partial charge in [-0.15, -0.1) is 0 Å². The van der Waals surface area contributed by atoms with E-state index in [0.717, 1.165) is 8.04 Å². The molecule has 0 heterocycles. The van der Waals surface area contributed by atoms with E-state index < -0.39 is 5.82 Å². The Hall–Kier alpha value is -1.15. The minimum atomic E-state index is -0.451. The Kier molecular flexibility index (Phi) is 4.41. The Balaban J connectivity index is 2.30. The number of rotatable bonds is 2. The zero-order valence-corrected chi connectivity index (χ0v) is 13.3. The zero-order chi connectivity index (χ0) is 14.0. The van der Waals surface area contributed by atoms with Crippen LogP contribution in [0.15, 0.2) is 40.9 Å². The molecule has 0 saturated carbocycles. The third-order valence-electron chi connectivity index (χ3n) is 2.44. The van der Waals surface area contributed by atoms with Gasteiger partial charge in [-0.25, -0.2) is 4.39 Å². The molecule has 2 aromatic rings. The second kappa shape index (κ2) is 5.87. The van der Waals surface area contributed by atoms with E-state index in [1.54, 1.807) is 6.07 Å². The summed E-state index contributed by atoms with van der Waals surface area (Å²) in [4.78, 5) is 12.1. The van der Waals surface area contributed by atoms with Crippen molar-refractivity contribution in [1.29, 1.82) is 0 Å². The van der Waals surface area contributed by atoms with E-state index in [9.17, 15) is 9.18 Å². The van der Waals surface area contributed by atoms with Crippen LogP contribution in [-0.2, 0) is 0 Å². The van der Waals surface area contributed by atoms with Crippen LogP contribution in [0.5, 0.6) is 0 Å². The smallest absolute Gasteiger partial charge is 0.256 e. The van der Waals surface area contributed by atoms with Crippen LogP contribution in [0, 0.1) is 9.39 Å². The van der Waals surface area contributed by atoms with Gasteiger partial charge in [0, 0.05) is 8.04 Å². The number of nitrogens with two attached hydrogens (primary N) is 1. The first-order valence-corrected chi connectivity index (χ1v) is 7.16. The SMILES string of the molecule is Nc1ccc(F)cc1NC(=O)c1cc(Br)ccc1I. The Morgan fingerprint density at radius 2 is 2.00 bits per heavy atom. The van der Waals surface area contributed by atoms with Gasteiger partial charge in [-0.05, 0) is 59.0 Å². The van der Waals surface area contributed by atoms with E-state index in [-0.39, 0.29) is 11.6 Å². The highest BCUT2D eigenvalue weighted by Crippen LogP contribution is 2.23. The standard InChI is InChI=1S/C13H9BrFIN2O/c14-7-1-3-10(16)9(5-7)13(19)18-12-6-8(15)2-4-11(12)17/h1-6H,17H2,(H,18,19). The van der Waals surface area contributed by atoms with E-state index in [4.69, 9.17) is 5.73 Å². The van der Waals surface area contributed by atoms with Gasteiger partial charge in [-0.3, -0.25) is 4.79 Å². The van der Waals surface area contributed by atoms with E-state index >= 15 is 0 Å². The number of carbonyl (C=O) groups is 1. The largest absolute Gasteiger partial charge is 0.397 e. The summed E-state index contributed by atoms with van der Waals surface area (Å²) >= 11 is 5.37. The summed E-state index contributed by atoms with van der Waals surface area (Å²) in [5.74, 6) is -0.781. The molecule has 0 spiro atoms. The minimum Gasteiger partial charge on any atom is -0.397 e. The predicted octanol–water partition coefficient (Wildman–Crippen LogP) is 4.03. The van der Waals surface area contributed by atoms with Crippen molar-refractivity contribution in [1.82, 2.24) is 0 Å². The monoisotopic (exact) mass is 434 g/mol. The minimum absolute atomic E-state index is 0.265. The molecule has 0 aliphatic heterocycles. The Labute approximate surface area is 131 Å². The maximum Gasteiger partial charge on any atom is 0.256 e. The van der Waals surface area contributed by atoms with E-state index in [2.05, 4.69) is 43.8 Å². The van der Waals surface area contributed by atoms with Crippen LogP contribution < -0.4 is 11.1 Å². The zero-order valence-electron chi connectivity index (χ0n) is 9.58. The second-order valence-corrected chi connectivity index (χ2v) is 5.89.